The Morgan fingerprint density at radius 1 is 0.926 bits per heavy atom. The SMILES string of the molecule is CCCCC[C@@H](/C=C/C=C\C=C\C=C\[C@@H](O)[C@@H](O)CCCC(=O)OC)CO. The third-order valence-corrected chi connectivity index (χ3v) is 4.16. The standard InChI is InChI=1S/C22H36O5/c1-3-4-9-13-19(18-23)14-10-7-5-6-8-11-15-20(24)21(25)16-12-17-22(26)27-2/h5-8,10-11,14-15,19-21,23-25H,3-4,9,12-13,16-18H2,1-2H3/b7-5-,8-6+,14-10+,15-11+/t19-,20+,21-/m0/s1. The molecular weight excluding hydrogens is 344 g/mol. The summed E-state index contributed by atoms with van der Waals surface area (Å²) in [5.74, 6) is -0.108. The molecule has 0 aliphatic carbocycles. The first-order chi connectivity index (χ1) is 13.0. The van der Waals surface area contributed by atoms with E-state index in [4.69, 9.17) is 0 Å². The van der Waals surface area contributed by atoms with E-state index in [1.807, 2.05) is 30.4 Å². The zero-order chi connectivity index (χ0) is 20.3. The van der Waals surface area contributed by atoms with E-state index in [1.54, 1.807) is 12.2 Å². The number of hydrogen-bond acceptors (Lipinski definition) is 5. The molecule has 0 radical (unpaired) electrons. The molecule has 3 N–H and O–H groups in total. The van der Waals surface area contributed by atoms with Crippen LogP contribution in [0.1, 0.15) is 51.9 Å². The van der Waals surface area contributed by atoms with Gasteiger partial charge >= 0.3 is 5.97 Å². The van der Waals surface area contributed by atoms with Gasteiger partial charge in [-0.3, -0.25) is 4.79 Å². The first kappa shape index (κ1) is 25.3. The van der Waals surface area contributed by atoms with E-state index in [-0.39, 0.29) is 24.9 Å². The summed E-state index contributed by atoms with van der Waals surface area (Å²) in [6.45, 7) is 2.34. The molecule has 0 aromatic heterocycles. The molecule has 0 heterocycles. The zero-order valence-corrected chi connectivity index (χ0v) is 16.7. The highest BCUT2D eigenvalue weighted by atomic mass is 16.5. The number of unbranched alkanes of at least 4 members (excludes halogenated alkanes) is 2. The molecule has 0 rings (SSSR count). The molecular formula is C22H36O5. The van der Waals surface area contributed by atoms with Crippen molar-refractivity contribution in [3.63, 3.8) is 0 Å². The lowest BCUT2D eigenvalue weighted by Crippen LogP contribution is -2.23. The molecule has 0 aliphatic rings. The fourth-order valence-corrected chi connectivity index (χ4v) is 2.42. The lowest BCUT2D eigenvalue weighted by molar-refractivity contribution is -0.140. The van der Waals surface area contributed by atoms with Crippen molar-refractivity contribution >= 4 is 5.97 Å². The number of rotatable bonds is 15. The van der Waals surface area contributed by atoms with Crippen LogP contribution in [0.5, 0.6) is 0 Å². The molecule has 0 fully saturated rings. The number of esters is 1. The Morgan fingerprint density at radius 3 is 2.15 bits per heavy atom. The van der Waals surface area contributed by atoms with Gasteiger partial charge in [0.2, 0.25) is 0 Å². The molecule has 0 saturated carbocycles. The van der Waals surface area contributed by atoms with Crippen molar-refractivity contribution in [3.05, 3.63) is 48.6 Å². The van der Waals surface area contributed by atoms with Crippen molar-refractivity contribution in [2.45, 2.75) is 64.1 Å². The van der Waals surface area contributed by atoms with Gasteiger partial charge in [0, 0.05) is 18.9 Å². The van der Waals surface area contributed by atoms with E-state index >= 15 is 0 Å². The van der Waals surface area contributed by atoms with Gasteiger partial charge in [0.15, 0.2) is 0 Å². The average Bonchev–Trinajstić information content (AvgIpc) is 2.67. The summed E-state index contributed by atoms with van der Waals surface area (Å²) in [4.78, 5) is 11.0. The summed E-state index contributed by atoms with van der Waals surface area (Å²) in [7, 11) is 1.32. The van der Waals surface area contributed by atoms with Crippen LogP contribution in [0.15, 0.2) is 48.6 Å². The number of hydrogen-bond donors (Lipinski definition) is 3. The van der Waals surface area contributed by atoms with Gasteiger partial charge in [-0.25, -0.2) is 0 Å². The summed E-state index contributed by atoms with van der Waals surface area (Å²) in [6.07, 6.45) is 18.2. The van der Waals surface area contributed by atoms with Crippen molar-refractivity contribution in [1.29, 1.82) is 0 Å². The number of ether oxygens (including phenoxy) is 1. The van der Waals surface area contributed by atoms with E-state index in [9.17, 15) is 20.1 Å². The molecule has 0 aromatic carbocycles. The van der Waals surface area contributed by atoms with E-state index in [2.05, 4.69) is 11.7 Å². The second-order valence-corrected chi connectivity index (χ2v) is 6.50. The Bertz CT molecular complexity index is 479. The van der Waals surface area contributed by atoms with Crippen LogP contribution in [0.3, 0.4) is 0 Å². The van der Waals surface area contributed by atoms with Crippen LogP contribution >= 0.6 is 0 Å². The predicted octanol–water partition coefficient (Wildman–Crippen LogP) is 3.47. The Kier molecular flexibility index (Phi) is 16.6. The zero-order valence-electron chi connectivity index (χ0n) is 16.7. The fourth-order valence-electron chi connectivity index (χ4n) is 2.42. The van der Waals surface area contributed by atoms with Crippen LogP contribution in [-0.4, -0.2) is 47.2 Å². The van der Waals surface area contributed by atoms with Crippen LogP contribution in [-0.2, 0) is 9.53 Å². The van der Waals surface area contributed by atoms with Crippen molar-refractivity contribution in [2.75, 3.05) is 13.7 Å². The predicted molar refractivity (Wildman–Crippen MR) is 109 cm³/mol. The number of aliphatic hydroxyl groups is 3. The van der Waals surface area contributed by atoms with Crippen LogP contribution in [0.25, 0.3) is 0 Å². The lowest BCUT2D eigenvalue weighted by atomic mass is 10.0. The Balaban J connectivity index is 4.08. The molecule has 154 valence electrons. The van der Waals surface area contributed by atoms with Gasteiger partial charge in [-0.2, -0.15) is 0 Å². The first-order valence-corrected chi connectivity index (χ1v) is 9.77. The molecule has 3 atom stereocenters. The van der Waals surface area contributed by atoms with Gasteiger partial charge in [0.1, 0.15) is 0 Å². The highest BCUT2D eigenvalue weighted by molar-refractivity contribution is 5.68. The van der Waals surface area contributed by atoms with Gasteiger partial charge in [0.05, 0.1) is 19.3 Å². The van der Waals surface area contributed by atoms with Crippen molar-refractivity contribution in [2.24, 2.45) is 5.92 Å². The molecule has 0 amide bonds. The summed E-state index contributed by atoms with van der Waals surface area (Å²) in [5.41, 5.74) is 0. The third kappa shape index (κ3) is 15.1. The Morgan fingerprint density at radius 2 is 1.56 bits per heavy atom. The maximum Gasteiger partial charge on any atom is 0.305 e. The monoisotopic (exact) mass is 380 g/mol. The molecule has 0 aromatic rings. The Labute approximate surface area is 163 Å². The highest BCUT2D eigenvalue weighted by Gasteiger charge is 2.13. The summed E-state index contributed by atoms with van der Waals surface area (Å²) in [5, 5.41) is 28.9. The smallest absolute Gasteiger partial charge is 0.305 e. The van der Waals surface area contributed by atoms with Gasteiger partial charge in [-0.1, -0.05) is 74.8 Å². The molecule has 5 heteroatoms. The summed E-state index contributed by atoms with van der Waals surface area (Å²) in [6, 6.07) is 0. The average molecular weight is 381 g/mol. The number of aliphatic hydroxyl groups excluding tert-OH is 3. The van der Waals surface area contributed by atoms with Crippen molar-refractivity contribution < 1.29 is 24.9 Å². The molecule has 0 aliphatic heterocycles. The van der Waals surface area contributed by atoms with Crippen LogP contribution in [0.4, 0.5) is 0 Å². The quantitative estimate of drug-likeness (QED) is 0.230. The van der Waals surface area contributed by atoms with Crippen LogP contribution in [0, 0.1) is 5.92 Å². The van der Waals surface area contributed by atoms with Crippen molar-refractivity contribution in [1.82, 2.24) is 0 Å². The minimum absolute atomic E-state index is 0.173. The van der Waals surface area contributed by atoms with E-state index in [1.165, 1.54) is 26.0 Å². The summed E-state index contributed by atoms with van der Waals surface area (Å²) >= 11 is 0. The van der Waals surface area contributed by atoms with Crippen LogP contribution < -0.4 is 0 Å². The fraction of sp³-hybridized carbons (Fsp3) is 0.591. The molecule has 5 nitrogen and oxygen atoms in total. The van der Waals surface area contributed by atoms with E-state index in [0.29, 0.717) is 12.8 Å². The number of carbonyl (C=O) groups is 1. The minimum atomic E-state index is -0.968. The number of methoxy groups -OCH3 is 1. The second kappa shape index (κ2) is 17.7. The molecule has 0 saturated heterocycles. The first-order valence-electron chi connectivity index (χ1n) is 9.77. The highest BCUT2D eigenvalue weighted by Crippen LogP contribution is 2.11. The Hall–Kier alpha value is -1.69. The van der Waals surface area contributed by atoms with Crippen LogP contribution in [0.2, 0.25) is 0 Å². The lowest BCUT2D eigenvalue weighted by Gasteiger charge is -2.13. The normalized spacial score (nSPS) is 15.9. The number of allylic oxidation sites excluding steroid dienone is 6. The van der Waals surface area contributed by atoms with E-state index in [0.717, 1.165) is 12.8 Å². The van der Waals surface area contributed by atoms with Crippen molar-refractivity contribution in [3.8, 4) is 0 Å². The van der Waals surface area contributed by atoms with Gasteiger partial charge in [-0.05, 0) is 19.3 Å². The largest absolute Gasteiger partial charge is 0.469 e. The maximum atomic E-state index is 11.0. The summed E-state index contributed by atoms with van der Waals surface area (Å²) < 4.78 is 4.52. The van der Waals surface area contributed by atoms with Gasteiger partial charge in [0.25, 0.3) is 0 Å². The second-order valence-electron chi connectivity index (χ2n) is 6.50. The molecule has 0 bridgehead atoms. The van der Waals surface area contributed by atoms with Gasteiger partial charge < -0.3 is 20.1 Å². The minimum Gasteiger partial charge on any atom is -0.469 e. The topological polar surface area (TPSA) is 87.0 Å². The third-order valence-electron chi connectivity index (χ3n) is 4.16. The molecule has 0 spiro atoms. The molecule has 0 unspecified atom stereocenters. The maximum absolute atomic E-state index is 11.0. The number of carbonyl (C=O) groups excluding carboxylic acids is 1. The van der Waals surface area contributed by atoms with Gasteiger partial charge in [-0.15, -0.1) is 0 Å². The molecule has 27 heavy (non-hydrogen) atoms. The van der Waals surface area contributed by atoms with E-state index < -0.39 is 12.2 Å².